The molecule has 0 radical (unpaired) electrons. The number of unbranched alkanes of at least 4 members (excludes halogenated alkanes) is 1. The molecule has 0 saturated heterocycles. The number of thiocarbonyl (C=S) groups is 1. The van der Waals surface area contributed by atoms with Crippen molar-refractivity contribution < 1.29 is 9.47 Å². The van der Waals surface area contributed by atoms with Gasteiger partial charge in [0.15, 0.2) is 0 Å². The van der Waals surface area contributed by atoms with Crippen LogP contribution in [0.25, 0.3) is 0 Å². The topological polar surface area (TPSA) is 44.5 Å². The zero-order chi connectivity index (χ0) is 13.4. The molecule has 3 nitrogen and oxygen atoms in total. The predicted molar refractivity (Wildman–Crippen MR) is 78.3 cm³/mol. The molecule has 18 heavy (non-hydrogen) atoms. The maximum Gasteiger partial charge on any atom is 0.119 e. The van der Waals surface area contributed by atoms with Gasteiger partial charge in [0.25, 0.3) is 0 Å². The summed E-state index contributed by atoms with van der Waals surface area (Å²) in [5.41, 5.74) is 7.54. The minimum Gasteiger partial charge on any atom is -0.491 e. The van der Waals surface area contributed by atoms with Crippen LogP contribution in [-0.4, -0.2) is 24.8 Å². The SMILES string of the molecule is CCCCOCCOc1ccc(C(N)=S)c(C)c1. The Balaban J connectivity index is 2.35. The number of rotatable bonds is 8. The van der Waals surface area contributed by atoms with E-state index in [-0.39, 0.29) is 0 Å². The summed E-state index contributed by atoms with van der Waals surface area (Å²) in [5.74, 6) is 0.826. The molecule has 0 saturated carbocycles. The molecule has 0 unspecified atom stereocenters. The van der Waals surface area contributed by atoms with Crippen molar-refractivity contribution in [1.29, 1.82) is 0 Å². The third-order valence-electron chi connectivity index (χ3n) is 2.60. The Morgan fingerprint density at radius 3 is 2.67 bits per heavy atom. The highest BCUT2D eigenvalue weighted by atomic mass is 32.1. The van der Waals surface area contributed by atoms with Gasteiger partial charge in [-0.25, -0.2) is 0 Å². The van der Waals surface area contributed by atoms with Crippen LogP contribution in [0.4, 0.5) is 0 Å². The summed E-state index contributed by atoms with van der Waals surface area (Å²) in [4.78, 5) is 0.418. The third-order valence-corrected chi connectivity index (χ3v) is 2.82. The lowest BCUT2D eigenvalue weighted by atomic mass is 10.1. The molecule has 1 aromatic rings. The Bertz CT molecular complexity index is 393. The molecule has 4 heteroatoms. The Hall–Kier alpha value is -1.13. The van der Waals surface area contributed by atoms with Gasteiger partial charge in [0.05, 0.1) is 6.61 Å². The average Bonchev–Trinajstić information content (AvgIpc) is 2.33. The van der Waals surface area contributed by atoms with Gasteiger partial charge in [-0.15, -0.1) is 0 Å². The number of hydrogen-bond acceptors (Lipinski definition) is 3. The Morgan fingerprint density at radius 2 is 2.06 bits per heavy atom. The molecule has 0 heterocycles. The van der Waals surface area contributed by atoms with E-state index in [0.717, 1.165) is 36.3 Å². The fourth-order valence-corrected chi connectivity index (χ4v) is 1.80. The molecule has 0 aromatic heterocycles. The van der Waals surface area contributed by atoms with E-state index in [1.165, 1.54) is 0 Å². The van der Waals surface area contributed by atoms with Crippen molar-refractivity contribution in [2.24, 2.45) is 5.73 Å². The van der Waals surface area contributed by atoms with Gasteiger partial charge in [-0.2, -0.15) is 0 Å². The van der Waals surface area contributed by atoms with E-state index in [4.69, 9.17) is 27.4 Å². The lowest BCUT2D eigenvalue weighted by molar-refractivity contribution is 0.0980. The van der Waals surface area contributed by atoms with Crippen molar-refractivity contribution in [2.75, 3.05) is 19.8 Å². The molecule has 0 aliphatic carbocycles. The van der Waals surface area contributed by atoms with Crippen LogP contribution in [0.1, 0.15) is 30.9 Å². The van der Waals surface area contributed by atoms with Crippen molar-refractivity contribution in [3.63, 3.8) is 0 Å². The first-order valence-corrected chi connectivity index (χ1v) is 6.67. The van der Waals surface area contributed by atoms with Gasteiger partial charge in [-0.3, -0.25) is 0 Å². The van der Waals surface area contributed by atoms with Crippen LogP contribution in [0.3, 0.4) is 0 Å². The van der Waals surface area contributed by atoms with Crippen molar-refractivity contribution in [3.05, 3.63) is 29.3 Å². The van der Waals surface area contributed by atoms with Gasteiger partial charge in [-0.05, 0) is 37.1 Å². The minimum absolute atomic E-state index is 0.418. The molecule has 2 N–H and O–H groups in total. The van der Waals surface area contributed by atoms with E-state index in [2.05, 4.69) is 6.92 Å². The van der Waals surface area contributed by atoms with Crippen LogP contribution in [-0.2, 0) is 4.74 Å². The Labute approximate surface area is 114 Å². The highest BCUT2D eigenvalue weighted by Crippen LogP contribution is 2.17. The maximum atomic E-state index is 5.60. The molecular formula is C14H21NO2S. The smallest absolute Gasteiger partial charge is 0.119 e. The van der Waals surface area contributed by atoms with Crippen molar-refractivity contribution in [2.45, 2.75) is 26.7 Å². The summed E-state index contributed by atoms with van der Waals surface area (Å²) in [5, 5.41) is 0. The maximum absolute atomic E-state index is 5.60. The molecule has 1 aromatic carbocycles. The fraction of sp³-hybridized carbons (Fsp3) is 0.500. The highest BCUT2D eigenvalue weighted by Gasteiger charge is 2.03. The summed E-state index contributed by atoms with van der Waals surface area (Å²) in [6.07, 6.45) is 2.25. The summed E-state index contributed by atoms with van der Waals surface area (Å²) in [6.45, 7) is 6.11. The zero-order valence-corrected chi connectivity index (χ0v) is 11.9. The number of aryl methyl sites for hydroxylation is 1. The van der Waals surface area contributed by atoms with E-state index >= 15 is 0 Å². The lowest BCUT2D eigenvalue weighted by Crippen LogP contribution is -2.11. The van der Waals surface area contributed by atoms with Crippen molar-refractivity contribution >= 4 is 17.2 Å². The summed E-state index contributed by atoms with van der Waals surface area (Å²) in [7, 11) is 0. The largest absolute Gasteiger partial charge is 0.491 e. The monoisotopic (exact) mass is 267 g/mol. The number of benzene rings is 1. The van der Waals surface area contributed by atoms with E-state index in [0.29, 0.717) is 18.2 Å². The van der Waals surface area contributed by atoms with Gasteiger partial charge in [0, 0.05) is 12.2 Å². The molecule has 0 aliphatic heterocycles. The molecule has 0 fully saturated rings. The normalized spacial score (nSPS) is 10.3. The second-order valence-corrected chi connectivity index (χ2v) is 4.60. The molecule has 0 spiro atoms. The summed E-state index contributed by atoms with van der Waals surface area (Å²) < 4.78 is 11.0. The first kappa shape index (κ1) is 14.9. The Kier molecular flexibility index (Phi) is 6.68. The van der Waals surface area contributed by atoms with Crippen LogP contribution in [0.15, 0.2) is 18.2 Å². The van der Waals surface area contributed by atoms with Gasteiger partial charge >= 0.3 is 0 Å². The van der Waals surface area contributed by atoms with E-state index in [1.54, 1.807) is 0 Å². The summed E-state index contributed by atoms with van der Waals surface area (Å²) in [6, 6.07) is 5.72. The van der Waals surface area contributed by atoms with Crippen molar-refractivity contribution in [3.8, 4) is 5.75 Å². The molecule has 0 bridgehead atoms. The molecule has 100 valence electrons. The highest BCUT2D eigenvalue weighted by molar-refractivity contribution is 7.80. The van der Waals surface area contributed by atoms with Gasteiger partial charge < -0.3 is 15.2 Å². The van der Waals surface area contributed by atoms with Crippen LogP contribution in [0.5, 0.6) is 5.75 Å². The number of ether oxygens (including phenoxy) is 2. The van der Waals surface area contributed by atoms with E-state index in [1.807, 2.05) is 25.1 Å². The molecular weight excluding hydrogens is 246 g/mol. The van der Waals surface area contributed by atoms with E-state index < -0.39 is 0 Å². The van der Waals surface area contributed by atoms with Crippen molar-refractivity contribution in [1.82, 2.24) is 0 Å². The van der Waals surface area contributed by atoms with Crippen LogP contribution in [0, 0.1) is 6.92 Å². The number of nitrogens with two attached hydrogens (primary N) is 1. The second kappa shape index (κ2) is 8.06. The zero-order valence-electron chi connectivity index (χ0n) is 11.1. The van der Waals surface area contributed by atoms with Gasteiger partial charge in [-0.1, -0.05) is 25.6 Å². The summed E-state index contributed by atoms with van der Waals surface area (Å²) >= 11 is 4.96. The van der Waals surface area contributed by atoms with E-state index in [9.17, 15) is 0 Å². The van der Waals surface area contributed by atoms with Crippen LogP contribution >= 0.6 is 12.2 Å². The fourth-order valence-electron chi connectivity index (χ4n) is 1.57. The Morgan fingerprint density at radius 1 is 1.28 bits per heavy atom. The quantitative estimate of drug-likeness (QED) is 0.581. The third kappa shape index (κ3) is 5.02. The first-order valence-electron chi connectivity index (χ1n) is 6.26. The van der Waals surface area contributed by atoms with Crippen LogP contribution < -0.4 is 10.5 Å². The predicted octanol–water partition coefficient (Wildman–Crippen LogP) is 2.82. The lowest BCUT2D eigenvalue weighted by Gasteiger charge is -2.09. The first-order chi connectivity index (χ1) is 8.65. The standard InChI is InChI=1S/C14H21NO2S/c1-3-4-7-16-8-9-17-12-5-6-13(14(15)18)11(2)10-12/h5-6,10H,3-4,7-9H2,1-2H3,(H2,15,18). The molecule has 1 rings (SSSR count). The van der Waals surface area contributed by atoms with Crippen LogP contribution in [0.2, 0.25) is 0 Å². The molecule has 0 aliphatic rings. The molecule has 0 amide bonds. The molecule has 0 atom stereocenters. The van der Waals surface area contributed by atoms with Gasteiger partial charge in [0.1, 0.15) is 17.3 Å². The second-order valence-electron chi connectivity index (χ2n) is 4.16. The number of hydrogen-bond donors (Lipinski definition) is 1. The van der Waals surface area contributed by atoms with Gasteiger partial charge in [0.2, 0.25) is 0 Å². The minimum atomic E-state index is 0.418. The average molecular weight is 267 g/mol.